The molecule has 0 aliphatic carbocycles. The van der Waals surface area contributed by atoms with E-state index in [1.165, 1.54) is 3.63 Å². The molecule has 5 rings (SSSR count). The summed E-state index contributed by atoms with van der Waals surface area (Å²) in [6, 6.07) is 4.33. The number of carbonyl (C=O) groups is 2. The van der Waals surface area contributed by atoms with Crippen molar-refractivity contribution in [3.63, 3.8) is 0 Å². The van der Waals surface area contributed by atoms with Gasteiger partial charge in [-0.05, 0) is 44.0 Å². The number of nitrogens with one attached hydrogen (secondary N) is 2. The highest BCUT2D eigenvalue weighted by molar-refractivity contribution is 14.2. The number of hydrogen-bond donors (Lipinski definition) is 2. The Morgan fingerprint density at radius 1 is 1.25 bits per heavy atom. The highest BCUT2D eigenvalue weighted by Gasteiger charge is 2.36. The first-order chi connectivity index (χ1) is 15.5. The molecule has 3 amide bonds. The number of anilines is 1. The number of carbonyl (C=O) groups excluding carboxylic acids is 2. The van der Waals surface area contributed by atoms with Gasteiger partial charge in [0, 0.05) is 54.5 Å². The lowest BCUT2D eigenvalue weighted by Gasteiger charge is -2.38. The van der Waals surface area contributed by atoms with Crippen LogP contribution in [0.1, 0.15) is 29.8 Å². The zero-order valence-electron chi connectivity index (χ0n) is 18.3. The Labute approximate surface area is 198 Å². The maximum Gasteiger partial charge on any atom is 0.330 e. The second-order valence-electron chi connectivity index (χ2n) is 8.68. The van der Waals surface area contributed by atoms with Crippen LogP contribution in [0.15, 0.2) is 42.4 Å². The molecule has 1 atom stereocenters. The zero-order valence-corrected chi connectivity index (χ0v) is 20.5. The number of rotatable bonds is 5. The van der Waals surface area contributed by atoms with Crippen LogP contribution in [0.5, 0.6) is 0 Å². The van der Waals surface area contributed by atoms with E-state index in [2.05, 4.69) is 38.1 Å². The Kier molecular flexibility index (Phi) is 6.02. The fraction of sp³-hybridized carbons (Fsp3) is 0.478. The molecular formula is C23H29IN6O2. The third kappa shape index (κ3) is 4.32. The molecule has 0 radical (unpaired) electrons. The number of allylic oxidation sites excluding steroid dienone is 1. The molecule has 0 bridgehead atoms. The molecular weight excluding hydrogens is 519 g/mol. The first kappa shape index (κ1) is 21.6. The van der Waals surface area contributed by atoms with Gasteiger partial charge in [0.05, 0.1) is 15.5 Å². The van der Waals surface area contributed by atoms with E-state index in [4.69, 9.17) is 0 Å². The largest absolute Gasteiger partial charge is 0.370 e. The number of aromatic nitrogens is 1. The molecule has 170 valence electrons. The highest BCUT2D eigenvalue weighted by atomic mass is 127. The van der Waals surface area contributed by atoms with Crippen LogP contribution in [0.4, 0.5) is 10.5 Å². The minimum atomic E-state index is -0.160. The topological polar surface area (TPSA) is 80.8 Å². The molecule has 0 aromatic carbocycles. The summed E-state index contributed by atoms with van der Waals surface area (Å²) in [7, 11) is 1.61. The molecule has 4 aliphatic heterocycles. The molecule has 0 spiro atoms. The van der Waals surface area contributed by atoms with E-state index in [0.29, 0.717) is 17.7 Å². The molecule has 1 unspecified atom stereocenters. The summed E-state index contributed by atoms with van der Waals surface area (Å²) in [5.41, 5.74) is 3.39. The van der Waals surface area contributed by atoms with Crippen LogP contribution in [0.25, 0.3) is 0 Å². The van der Waals surface area contributed by atoms with E-state index in [-0.39, 0.29) is 32.7 Å². The molecule has 2 N–H and O–H groups in total. The van der Waals surface area contributed by atoms with E-state index in [1.807, 2.05) is 6.07 Å². The lowest BCUT2D eigenvalue weighted by atomic mass is 10.0. The summed E-state index contributed by atoms with van der Waals surface area (Å²) in [5, 5.41) is 5.75. The Morgan fingerprint density at radius 2 is 2.03 bits per heavy atom. The van der Waals surface area contributed by atoms with Crippen molar-refractivity contribution in [3.05, 3.63) is 48.1 Å². The number of pyridine rings is 1. The van der Waals surface area contributed by atoms with Crippen LogP contribution in [-0.2, 0) is 0 Å². The van der Waals surface area contributed by atoms with E-state index in [1.54, 1.807) is 24.2 Å². The van der Waals surface area contributed by atoms with E-state index >= 15 is 0 Å². The number of nitrogens with zero attached hydrogens (tertiary/aromatic N) is 4. The molecule has 2 saturated heterocycles. The Bertz CT molecular complexity index is 996. The molecule has 4 aliphatic rings. The molecule has 8 nitrogen and oxygen atoms in total. The first-order valence-electron chi connectivity index (χ1n) is 11.2. The number of amides is 3. The summed E-state index contributed by atoms with van der Waals surface area (Å²) in [5.74, 6) is 0.211. The van der Waals surface area contributed by atoms with Gasteiger partial charge in [-0.15, -0.1) is 0 Å². The third-order valence-electron chi connectivity index (χ3n) is 6.77. The van der Waals surface area contributed by atoms with Crippen LogP contribution in [0, 0.1) is 5.92 Å². The SMILES string of the molecule is C=C1C=C(C2CCN(C3CCN(c4ccc(C(=O)NC)nc4)CC3)C2)NC(=O)N1C1=IC1. The third-order valence-corrected chi connectivity index (χ3v) is 8.70. The van der Waals surface area contributed by atoms with Gasteiger partial charge >= 0.3 is 6.03 Å². The van der Waals surface area contributed by atoms with Crippen molar-refractivity contribution in [1.29, 1.82) is 0 Å². The normalized spacial score (nSPS) is 24.5. The molecule has 32 heavy (non-hydrogen) atoms. The quantitative estimate of drug-likeness (QED) is 0.436. The highest BCUT2D eigenvalue weighted by Crippen LogP contribution is 2.33. The minimum Gasteiger partial charge on any atom is -0.370 e. The average molecular weight is 548 g/mol. The number of likely N-dealkylation sites (tertiary alicyclic amines) is 1. The van der Waals surface area contributed by atoms with Gasteiger partial charge in [-0.25, -0.2) is 9.78 Å². The fourth-order valence-electron chi connectivity index (χ4n) is 4.92. The Hall–Kier alpha value is -2.27. The average Bonchev–Trinajstić information content (AvgIpc) is 3.52. The minimum absolute atomic E-state index is 0.0116. The van der Waals surface area contributed by atoms with Crippen molar-refractivity contribution in [2.45, 2.75) is 25.3 Å². The lowest BCUT2D eigenvalue weighted by Crippen LogP contribution is -2.46. The van der Waals surface area contributed by atoms with E-state index in [0.717, 1.165) is 67.0 Å². The molecule has 1 aromatic rings. The zero-order chi connectivity index (χ0) is 22.2. The summed E-state index contributed by atoms with van der Waals surface area (Å²) in [6.45, 7) is 8.17. The predicted octanol–water partition coefficient (Wildman–Crippen LogP) is 2.27. The number of alkyl halides is 1. The second kappa shape index (κ2) is 8.93. The molecule has 2 fully saturated rings. The van der Waals surface area contributed by atoms with Gasteiger partial charge in [0.15, 0.2) is 0 Å². The molecule has 9 heteroatoms. The van der Waals surface area contributed by atoms with Crippen LogP contribution in [0.3, 0.4) is 0 Å². The van der Waals surface area contributed by atoms with Gasteiger partial charge in [-0.1, -0.05) is 27.3 Å². The van der Waals surface area contributed by atoms with Crippen LogP contribution in [-0.4, -0.2) is 74.1 Å². The van der Waals surface area contributed by atoms with Gasteiger partial charge in [0.1, 0.15) is 5.69 Å². The van der Waals surface area contributed by atoms with Crippen molar-refractivity contribution >= 4 is 42.0 Å². The van der Waals surface area contributed by atoms with E-state index in [9.17, 15) is 9.59 Å². The second-order valence-corrected chi connectivity index (χ2v) is 11.5. The number of hydrogen-bond acceptors (Lipinski definition) is 5. The predicted molar refractivity (Wildman–Crippen MR) is 134 cm³/mol. The summed E-state index contributed by atoms with van der Waals surface area (Å²) in [6.07, 6.45) is 7.18. The van der Waals surface area contributed by atoms with Crippen molar-refractivity contribution in [1.82, 2.24) is 25.4 Å². The van der Waals surface area contributed by atoms with Crippen molar-refractivity contribution in [3.8, 4) is 0 Å². The van der Waals surface area contributed by atoms with Gasteiger partial charge in [-0.3, -0.25) is 14.6 Å². The number of piperidine rings is 1. The summed E-state index contributed by atoms with van der Waals surface area (Å²) < 4.78 is 2.39. The van der Waals surface area contributed by atoms with E-state index < -0.39 is 0 Å². The summed E-state index contributed by atoms with van der Waals surface area (Å²) >= 11 is 0.0833. The summed E-state index contributed by atoms with van der Waals surface area (Å²) in [4.78, 5) is 35.3. The van der Waals surface area contributed by atoms with Gasteiger partial charge < -0.3 is 15.5 Å². The molecule has 5 heterocycles. The van der Waals surface area contributed by atoms with Gasteiger partial charge in [-0.2, -0.15) is 0 Å². The standard InChI is InChI=1S/C23H29IN6O2/c1-15-11-20(27-23(32)30(15)21-12-24-21)16-5-8-29(14-16)17-6-9-28(10-7-17)18-3-4-19(26-13-18)22(31)25-2/h3-4,11,13,16-17H,1,5-10,12,14H2,2H3,(H,25,31)(H,27,32). The van der Waals surface area contributed by atoms with Crippen molar-refractivity contribution < 1.29 is 9.59 Å². The smallest absolute Gasteiger partial charge is 0.330 e. The monoisotopic (exact) mass is 548 g/mol. The maximum atomic E-state index is 12.5. The number of halogens is 1. The Morgan fingerprint density at radius 3 is 2.66 bits per heavy atom. The number of urea groups is 1. The lowest BCUT2D eigenvalue weighted by molar-refractivity contribution is 0.0958. The van der Waals surface area contributed by atoms with Crippen LogP contribution >= 0.6 is 20.7 Å². The van der Waals surface area contributed by atoms with Crippen LogP contribution < -0.4 is 15.5 Å². The molecule has 0 saturated carbocycles. The van der Waals surface area contributed by atoms with Gasteiger partial charge in [0.2, 0.25) is 0 Å². The first-order valence-corrected chi connectivity index (χ1v) is 13.8. The fourth-order valence-corrected chi connectivity index (χ4v) is 6.30. The van der Waals surface area contributed by atoms with Crippen LogP contribution in [0.2, 0.25) is 0 Å². The Balaban J connectivity index is 1.15. The van der Waals surface area contributed by atoms with Gasteiger partial charge in [0.25, 0.3) is 5.91 Å². The molecule has 1 aromatic heterocycles. The maximum absolute atomic E-state index is 12.5. The van der Waals surface area contributed by atoms with Crippen molar-refractivity contribution in [2.75, 3.05) is 42.6 Å². The van der Waals surface area contributed by atoms with Crippen molar-refractivity contribution in [2.24, 2.45) is 5.92 Å².